The van der Waals surface area contributed by atoms with E-state index in [4.69, 9.17) is 4.74 Å². The van der Waals surface area contributed by atoms with Crippen LogP contribution in [-0.2, 0) is 5.54 Å². The first kappa shape index (κ1) is 25.0. The number of aryl methyl sites for hydroxylation is 1. The summed E-state index contributed by atoms with van der Waals surface area (Å²) in [4.78, 5) is 30.1. The number of hydrogen-bond donors (Lipinski definition) is 3. The first-order valence-corrected chi connectivity index (χ1v) is 11.4. The van der Waals surface area contributed by atoms with Gasteiger partial charge in [-0.25, -0.2) is 4.98 Å². The van der Waals surface area contributed by atoms with E-state index in [0.717, 1.165) is 23.4 Å². The number of amides is 1. The minimum absolute atomic E-state index is 0.180. The van der Waals surface area contributed by atoms with E-state index >= 15 is 0 Å². The fourth-order valence-electron chi connectivity index (χ4n) is 3.70. The van der Waals surface area contributed by atoms with E-state index in [2.05, 4.69) is 20.9 Å². The fourth-order valence-corrected chi connectivity index (χ4v) is 3.70. The molecule has 1 amide bonds. The third-order valence-electron chi connectivity index (χ3n) is 5.51. The highest BCUT2D eigenvalue weighted by Crippen LogP contribution is 2.31. The van der Waals surface area contributed by atoms with Gasteiger partial charge in [-0.15, -0.1) is 0 Å². The Morgan fingerprint density at radius 2 is 1.94 bits per heavy atom. The number of nitrogens with one attached hydrogen (secondary N) is 3. The predicted octanol–water partition coefficient (Wildman–Crippen LogP) is 3.24. The number of nitrogens with zero attached hydrogens (tertiary/aromatic N) is 2. The molecular formula is C26H33N5O3. The number of carbonyl (C=O) groups is 1. The average molecular weight is 464 g/mol. The van der Waals surface area contributed by atoms with Crippen LogP contribution in [0.15, 0.2) is 59.7 Å². The van der Waals surface area contributed by atoms with Gasteiger partial charge in [0.15, 0.2) is 5.82 Å². The molecule has 2 aromatic carbocycles. The maximum Gasteiger partial charge on any atom is 0.297 e. The van der Waals surface area contributed by atoms with Crippen LogP contribution >= 0.6 is 0 Å². The topological polar surface area (TPSA) is 97.3 Å². The summed E-state index contributed by atoms with van der Waals surface area (Å²) < 4.78 is 7.46. The van der Waals surface area contributed by atoms with Gasteiger partial charge in [-0.1, -0.05) is 24.3 Å². The molecule has 0 saturated carbocycles. The second-order valence-corrected chi connectivity index (χ2v) is 8.51. The number of aromatic nitrogens is 2. The van der Waals surface area contributed by atoms with Crippen molar-refractivity contribution in [3.8, 4) is 11.4 Å². The van der Waals surface area contributed by atoms with Crippen molar-refractivity contribution in [1.82, 2.24) is 20.2 Å². The summed E-state index contributed by atoms with van der Waals surface area (Å²) in [6.07, 6.45) is 3.19. The highest BCUT2D eigenvalue weighted by Gasteiger charge is 2.26. The van der Waals surface area contributed by atoms with Crippen molar-refractivity contribution in [2.24, 2.45) is 0 Å². The van der Waals surface area contributed by atoms with Crippen LogP contribution < -0.4 is 26.2 Å². The van der Waals surface area contributed by atoms with Crippen molar-refractivity contribution in [1.29, 1.82) is 0 Å². The molecule has 0 aliphatic rings. The standard InChI is InChI=1S/C26H33N5O3/c1-6-28-24(32)19-12-11-18(2)21(17-19)31-15-13-29-23(25(31)33)30-26(3,4)20-9-7-8-10-22(20)34-16-14-27-5/h7-13,15,17,27H,6,14,16H2,1-5H3,(H,28,32)(H,29,30). The summed E-state index contributed by atoms with van der Waals surface area (Å²) in [5.74, 6) is 0.776. The number of anilines is 1. The van der Waals surface area contributed by atoms with E-state index in [-0.39, 0.29) is 17.3 Å². The molecule has 3 N–H and O–H groups in total. The van der Waals surface area contributed by atoms with E-state index in [1.54, 1.807) is 24.5 Å². The SMILES string of the molecule is CCNC(=O)c1ccc(C)c(-n2ccnc(NC(C)(C)c3ccccc3OCCNC)c2=O)c1. The number of rotatable bonds is 10. The minimum Gasteiger partial charge on any atom is -0.492 e. The van der Waals surface area contributed by atoms with Crippen molar-refractivity contribution < 1.29 is 9.53 Å². The summed E-state index contributed by atoms with van der Waals surface area (Å²) in [5, 5.41) is 9.16. The number of carbonyl (C=O) groups excluding carboxylic acids is 1. The molecular weight excluding hydrogens is 430 g/mol. The molecule has 1 heterocycles. The molecule has 180 valence electrons. The van der Waals surface area contributed by atoms with Crippen molar-refractivity contribution in [3.05, 3.63) is 81.9 Å². The van der Waals surface area contributed by atoms with Gasteiger partial charge in [0.25, 0.3) is 11.5 Å². The van der Waals surface area contributed by atoms with E-state index in [1.807, 2.05) is 65.1 Å². The molecule has 0 spiro atoms. The maximum atomic E-state index is 13.4. The molecule has 34 heavy (non-hydrogen) atoms. The largest absolute Gasteiger partial charge is 0.492 e. The first-order chi connectivity index (χ1) is 16.3. The molecule has 0 unspecified atom stereocenters. The molecule has 3 rings (SSSR count). The normalized spacial score (nSPS) is 11.2. The number of para-hydroxylation sites is 1. The molecule has 0 bridgehead atoms. The number of benzene rings is 2. The zero-order chi connectivity index (χ0) is 24.7. The molecule has 0 saturated heterocycles. The van der Waals surface area contributed by atoms with Crippen LogP contribution in [0, 0.1) is 6.92 Å². The summed E-state index contributed by atoms with van der Waals surface area (Å²) in [6, 6.07) is 13.1. The number of ether oxygens (including phenoxy) is 1. The Morgan fingerprint density at radius 1 is 1.18 bits per heavy atom. The average Bonchev–Trinajstić information content (AvgIpc) is 2.81. The minimum atomic E-state index is -0.639. The van der Waals surface area contributed by atoms with Gasteiger partial charge in [0.1, 0.15) is 12.4 Å². The van der Waals surface area contributed by atoms with Gasteiger partial charge in [0, 0.05) is 36.6 Å². The van der Waals surface area contributed by atoms with Gasteiger partial charge >= 0.3 is 0 Å². The van der Waals surface area contributed by atoms with Crippen LogP contribution in [0.5, 0.6) is 5.75 Å². The molecule has 0 fully saturated rings. The Morgan fingerprint density at radius 3 is 2.68 bits per heavy atom. The first-order valence-electron chi connectivity index (χ1n) is 11.4. The van der Waals surface area contributed by atoms with Crippen molar-refractivity contribution in [3.63, 3.8) is 0 Å². The van der Waals surface area contributed by atoms with Gasteiger partial charge < -0.3 is 20.7 Å². The summed E-state index contributed by atoms with van der Waals surface area (Å²) in [6.45, 7) is 9.51. The Labute approximate surface area is 200 Å². The maximum absolute atomic E-state index is 13.4. The van der Waals surface area contributed by atoms with Crippen molar-refractivity contribution in [2.45, 2.75) is 33.2 Å². The van der Waals surface area contributed by atoms with E-state index < -0.39 is 5.54 Å². The fraction of sp³-hybridized carbons (Fsp3) is 0.346. The van der Waals surface area contributed by atoms with Crippen molar-refractivity contribution >= 4 is 11.7 Å². The lowest BCUT2D eigenvalue weighted by Gasteiger charge is -2.29. The Hall–Kier alpha value is -3.65. The van der Waals surface area contributed by atoms with Crippen LogP contribution in [0.2, 0.25) is 0 Å². The molecule has 3 aromatic rings. The summed E-state index contributed by atoms with van der Waals surface area (Å²) >= 11 is 0. The van der Waals surface area contributed by atoms with Crippen LogP contribution in [-0.4, -0.2) is 42.2 Å². The lowest BCUT2D eigenvalue weighted by atomic mass is 9.93. The van der Waals surface area contributed by atoms with E-state index in [1.165, 1.54) is 4.57 Å². The molecule has 0 radical (unpaired) electrons. The lowest BCUT2D eigenvalue weighted by Crippen LogP contribution is -2.34. The quantitative estimate of drug-likeness (QED) is 0.400. The van der Waals surface area contributed by atoms with E-state index in [9.17, 15) is 9.59 Å². The van der Waals surface area contributed by atoms with E-state index in [0.29, 0.717) is 24.4 Å². The zero-order valence-electron chi connectivity index (χ0n) is 20.4. The summed E-state index contributed by atoms with van der Waals surface area (Å²) in [7, 11) is 1.88. The van der Waals surface area contributed by atoms with Crippen molar-refractivity contribution in [2.75, 3.05) is 32.1 Å². The highest BCUT2D eigenvalue weighted by atomic mass is 16.5. The van der Waals surface area contributed by atoms with Crippen LogP contribution in [0.25, 0.3) is 5.69 Å². The molecule has 0 atom stereocenters. The van der Waals surface area contributed by atoms with Gasteiger partial charge in [0.2, 0.25) is 0 Å². The molecule has 0 aliphatic heterocycles. The van der Waals surface area contributed by atoms with Gasteiger partial charge in [-0.3, -0.25) is 14.2 Å². The van der Waals surface area contributed by atoms with Crippen LogP contribution in [0.3, 0.4) is 0 Å². The summed E-state index contributed by atoms with van der Waals surface area (Å²) in [5.41, 5.74) is 1.97. The van der Waals surface area contributed by atoms with Gasteiger partial charge in [-0.2, -0.15) is 0 Å². The molecule has 8 nitrogen and oxygen atoms in total. The van der Waals surface area contributed by atoms with Crippen LogP contribution in [0.1, 0.15) is 42.3 Å². The second kappa shape index (κ2) is 11.0. The third-order valence-corrected chi connectivity index (χ3v) is 5.51. The molecule has 1 aromatic heterocycles. The smallest absolute Gasteiger partial charge is 0.297 e. The Balaban J connectivity index is 1.96. The monoisotopic (exact) mass is 463 g/mol. The molecule has 0 aliphatic carbocycles. The Bertz CT molecular complexity index is 1200. The third kappa shape index (κ3) is 5.63. The molecule has 8 heteroatoms. The van der Waals surface area contributed by atoms with Crippen LogP contribution in [0.4, 0.5) is 5.82 Å². The van der Waals surface area contributed by atoms with Gasteiger partial charge in [0.05, 0.1) is 11.2 Å². The zero-order valence-corrected chi connectivity index (χ0v) is 20.4. The Kier molecular flexibility index (Phi) is 8.07. The second-order valence-electron chi connectivity index (χ2n) is 8.51. The predicted molar refractivity (Wildman–Crippen MR) is 135 cm³/mol. The number of hydrogen-bond acceptors (Lipinski definition) is 6. The lowest BCUT2D eigenvalue weighted by molar-refractivity contribution is 0.0956. The highest BCUT2D eigenvalue weighted by molar-refractivity contribution is 5.94. The van der Waals surface area contributed by atoms with Gasteiger partial charge in [-0.05, 0) is 58.5 Å². The number of likely N-dealkylation sites (N-methyl/N-ethyl adjacent to an activating group) is 1.